The number of benzene rings is 2. The molecular weight excluding hydrogens is 324 g/mol. The third-order valence-corrected chi connectivity index (χ3v) is 5.39. The smallest absolute Gasteiger partial charge is 0.0866 e. The highest BCUT2D eigenvalue weighted by atomic mass is 16.5. The molecule has 0 aliphatic carbocycles. The van der Waals surface area contributed by atoms with Gasteiger partial charge in [0.05, 0.1) is 19.3 Å². The molecule has 2 atom stereocenters. The van der Waals surface area contributed by atoms with Crippen LogP contribution in [0.2, 0.25) is 0 Å². The van der Waals surface area contributed by atoms with Gasteiger partial charge in [0.1, 0.15) is 0 Å². The van der Waals surface area contributed by atoms with Gasteiger partial charge in [-0.1, -0.05) is 42.5 Å². The number of hydrogen-bond donors (Lipinski definition) is 1. The van der Waals surface area contributed by atoms with E-state index in [1.807, 2.05) is 0 Å². The van der Waals surface area contributed by atoms with Crippen LogP contribution >= 0.6 is 0 Å². The van der Waals surface area contributed by atoms with Crippen LogP contribution in [0.5, 0.6) is 0 Å². The first kappa shape index (κ1) is 17.5. The fourth-order valence-corrected chi connectivity index (χ4v) is 3.90. The second-order valence-electron chi connectivity index (χ2n) is 7.15. The third kappa shape index (κ3) is 4.26. The summed E-state index contributed by atoms with van der Waals surface area (Å²) in [6, 6.07) is 19.5. The molecule has 4 nitrogen and oxygen atoms in total. The van der Waals surface area contributed by atoms with E-state index in [0.717, 1.165) is 52.4 Å². The van der Waals surface area contributed by atoms with Crippen LogP contribution in [0.15, 0.2) is 54.6 Å². The van der Waals surface area contributed by atoms with E-state index < -0.39 is 0 Å². The van der Waals surface area contributed by atoms with E-state index in [2.05, 4.69) is 64.8 Å². The van der Waals surface area contributed by atoms with Crippen molar-refractivity contribution in [1.82, 2.24) is 5.32 Å². The molecule has 0 aromatic heterocycles. The SMILES string of the molecule is c1ccc([C@H]2OCC[C@@H]2CNCc2ccc(N3CCOCC3)cc2)cc1. The molecule has 0 saturated carbocycles. The van der Waals surface area contributed by atoms with E-state index in [9.17, 15) is 0 Å². The summed E-state index contributed by atoms with van der Waals surface area (Å²) in [6.45, 7) is 6.39. The van der Waals surface area contributed by atoms with Crippen molar-refractivity contribution >= 4 is 5.69 Å². The molecule has 2 aromatic carbocycles. The Morgan fingerprint density at radius 3 is 2.46 bits per heavy atom. The van der Waals surface area contributed by atoms with E-state index in [1.165, 1.54) is 16.8 Å². The van der Waals surface area contributed by atoms with E-state index >= 15 is 0 Å². The number of nitrogens with zero attached hydrogens (tertiary/aromatic N) is 1. The van der Waals surface area contributed by atoms with E-state index in [1.54, 1.807) is 0 Å². The minimum Gasteiger partial charge on any atom is -0.378 e. The lowest BCUT2D eigenvalue weighted by molar-refractivity contribution is 0.0904. The molecule has 0 bridgehead atoms. The van der Waals surface area contributed by atoms with Gasteiger partial charge in [0.15, 0.2) is 0 Å². The molecule has 26 heavy (non-hydrogen) atoms. The minimum absolute atomic E-state index is 0.229. The zero-order valence-electron chi connectivity index (χ0n) is 15.3. The molecule has 0 spiro atoms. The van der Waals surface area contributed by atoms with Gasteiger partial charge in [0.2, 0.25) is 0 Å². The lowest BCUT2D eigenvalue weighted by Gasteiger charge is -2.29. The maximum absolute atomic E-state index is 5.98. The summed E-state index contributed by atoms with van der Waals surface area (Å²) in [5.41, 5.74) is 3.93. The van der Waals surface area contributed by atoms with Gasteiger partial charge in [-0.3, -0.25) is 0 Å². The van der Waals surface area contributed by atoms with Crippen molar-refractivity contribution in [1.29, 1.82) is 0 Å². The predicted molar refractivity (Wildman–Crippen MR) is 104 cm³/mol. The number of hydrogen-bond acceptors (Lipinski definition) is 4. The zero-order valence-corrected chi connectivity index (χ0v) is 15.3. The summed E-state index contributed by atoms with van der Waals surface area (Å²) in [7, 11) is 0. The lowest BCUT2D eigenvalue weighted by atomic mass is 9.95. The molecular formula is C22H28N2O2. The van der Waals surface area contributed by atoms with Crippen molar-refractivity contribution in [3.05, 3.63) is 65.7 Å². The van der Waals surface area contributed by atoms with Crippen LogP contribution in [0.1, 0.15) is 23.7 Å². The highest BCUT2D eigenvalue weighted by Gasteiger charge is 2.28. The van der Waals surface area contributed by atoms with Crippen LogP contribution in [0, 0.1) is 5.92 Å². The predicted octanol–water partition coefficient (Wildman–Crippen LogP) is 3.39. The molecule has 0 radical (unpaired) electrons. The summed E-state index contributed by atoms with van der Waals surface area (Å²) in [5, 5.41) is 3.63. The van der Waals surface area contributed by atoms with Crippen LogP contribution in [0.25, 0.3) is 0 Å². The van der Waals surface area contributed by atoms with Gasteiger partial charge in [0, 0.05) is 44.4 Å². The molecule has 2 aromatic rings. The fourth-order valence-electron chi connectivity index (χ4n) is 3.90. The Balaban J connectivity index is 1.27. The Hall–Kier alpha value is -1.88. The van der Waals surface area contributed by atoms with Gasteiger partial charge in [-0.2, -0.15) is 0 Å². The Bertz CT molecular complexity index is 668. The molecule has 0 unspecified atom stereocenters. The molecule has 4 rings (SSSR count). The fraction of sp³-hybridized carbons (Fsp3) is 0.455. The highest BCUT2D eigenvalue weighted by Crippen LogP contribution is 2.33. The number of rotatable bonds is 6. The van der Waals surface area contributed by atoms with E-state index in [-0.39, 0.29) is 6.10 Å². The van der Waals surface area contributed by atoms with Crippen molar-refractivity contribution in [2.24, 2.45) is 5.92 Å². The molecule has 2 aliphatic rings. The molecule has 2 fully saturated rings. The quantitative estimate of drug-likeness (QED) is 0.864. The van der Waals surface area contributed by atoms with Crippen LogP contribution in [-0.2, 0) is 16.0 Å². The summed E-state index contributed by atoms with van der Waals surface area (Å²) in [5.74, 6) is 0.546. The van der Waals surface area contributed by atoms with Gasteiger partial charge in [-0.15, -0.1) is 0 Å². The zero-order chi connectivity index (χ0) is 17.6. The number of morpholine rings is 1. The average molecular weight is 352 g/mol. The Morgan fingerprint density at radius 1 is 0.923 bits per heavy atom. The molecule has 4 heteroatoms. The second kappa shape index (κ2) is 8.67. The summed E-state index contributed by atoms with van der Waals surface area (Å²) in [4.78, 5) is 2.39. The largest absolute Gasteiger partial charge is 0.378 e. The maximum atomic E-state index is 5.98. The maximum Gasteiger partial charge on any atom is 0.0866 e. The molecule has 2 aliphatic heterocycles. The van der Waals surface area contributed by atoms with Crippen molar-refractivity contribution in [3.63, 3.8) is 0 Å². The molecule has 0 amide bonds. The number of ether oxygens (including phenoxy) is 2. The molecule has 138 valence electrons. The first-order valence-corrected chi connectivity index (χ1v) is 9.69. The molecule has 2 saturated heterocycles. The average Bonchev–Trinajstić information content (AvgIpc) is 3.18. The Morgan fingerprint density at radius 2 is 1.69 bits per heavy atom. The van der Waals surface area contributed by atoms with Gasteiger partial charge in [-0.05, 0) is 29.7 Å². The van der Waals surface area contributed by atoms with Gasteiger partial charge in [0.25, 0.3) is 0 Å². The second-order valence-corrected chi connectivity index (χ2v) is 7.15. The minimum atomic E-state index is 0.229. The monoisotopic (exact) mass is 352 g/mol. The van der Waals surface area contributed by atoms with Crippen molar-refractivity contribution in [2.75, 3.05) is 44.4 Å². The number of nitrogens with one attached hydrogen (secondary N) is 1. The highest BCUT2D eigenvalue weighted by molar-refractivity contribution is 5.47. The Kier molecular flexibility index (Phi) is 5.85. The molecule has 1 N–H and O–H groups in total. The first-order valence-electron chi connectivity index (χ1n) is 9.69. The van der Waals surface area contributed by atoms with E-state index in [4.69, 9.17) is 9.47 Å². The van der Waals surface area contributed by atoms with Gasteiger partial charge in [-0.25, -0.2) is 0 Å². The summed E-state index contributed by atoms with van der Waals surface area (Å²) >= 11 is 0. The van der Waals surface area contributed by atoms with Gasteiger partial charge < -0.3 is 19.7 Å². The standard InChI is InChI=1S/C22H28N2O2/c1-2-4-19(5-3-1)22-20(10-13-26-22)17-23-16-18-6-8-21(9-7-18)24-11-14-25-15-12-24/h1-9,20,22-23H,10-17H2/t20-,22-/m1/s1. The van der Waals surface area contributed by atoms with Crippen LogP contribution < -0.4 is 10.2 Å². The first-order chi connectivity index (χ1) is 12.9. The number of anilines is 1. The van der Waals surface area contributed by atoms with Crippen molar-refractivity contribution in [3.8, 4) is 0 Å². The van der Waals surface area contributed by atoms with Gasteiger partial charge >= 0.3 is 0 Å². The normalized spacial score (nSPS) is 23.3. The van der Waals surface area contributed by atoms with Crippen molar-refractivity contribution < 1.29 is 9.47 Å². The molecule has 2 heterocycles. The van der Waals surface area contributed by atoms with E-state index in [0.29, 0.717) is 5.92 Å². The Labute approximate surface area is 156 Å². The van der Waals surface area contributed by atoms with Crippen LogP contribution in [-0.4, -0.2) is 39.5 Å². The third-order valence-electron chi connectivity index (χ3n) is 5.39. The lowest BCUT2D eigenvalue weighted by Crippen LogP contribution is -2.36. The van der Waals surface area contributed by atoms with Crippen molar-refractivity contribution in [2.45, 2.75) is 19.1 Å². The van der Waals surface area contributed by atoms with Crippen LogP contribution in [0.3, 0.4) is 0 Å². The summed E-state index contributed by atoms with van der Waals surface area (Å²) in [6.07, 6.45) is 1.36. The topological polar surface area (TPSA) is 33.7 Å². The summed E-state index contributed by atoms with van der Waals surface area (Å²) < 4.78 is 11.4. The van der Waals surface area contributed by atoms with Crippen LogP contribution in [0.4, 0.5) is 5.69 Å².